The molecule has 0 N–H and O–H groups in total. The van der Waals surface area contributed by atoms with Crippen molar-refractivity contribution in [2.75, 3.05) is 13.1 Å². The van der Waals surface area contributed by atoms with Gasteiger partial charge in [-0.1, -0.05) is 6.92 Å². The van der Waals surface area contributed by atoms with Crippen molar-refractivity contribution < 1.29 is 0 Å². The van der Waals surface area contributed by atoms with E-state index in [4.69, 9.17) is 5.26 Å². The van der Waals surface area contributed by atoms with Crippen LogP contribution >= 0.6 is 15.9 Å². The van der Waals surface area contributed by atoms with Crippen molar-refractivity contribution in [3.05, 3.63) is 15.9 Å². The number of halogens is 1. The number of rotatable bonds is 6. The molecule has 0 radical (unpaired) electrons. The van der Waals surface area contributed by atoms with Gasteiger partial charge in [0.2, 0.25) is 0 Å². The quantitative estimate of drug-likeness (QED) is 0.759. The first-order chi connectivity index (χ1) is 8.13. The summed E-state index contributed by atoms with van der Waals surface area (Å²) < 4.78 is 3.07. The summed E-state index contributed by atoms with van der Waals surface area (Å²) in [5, 5.41) is 13.3. The van der Waals surface area contributed by atoms with Crippen LogP contribution in [0.2, 0.25) is 0 Å². The molecule has 0 amide bonds. The molecule has 0 unspecified atom stereocenters. The van der Waals surface area contributed by atoms with E-state index in [2.05, 4.69) is 45.8 Å². The van der Waals surface area contributed by atoms with Gasteiger partial charge in [-0.05, 0) is 42.7 Å². The van der Waals surface area contributed by atoms with Gasteiger partial charge in [0.25, 0.3) is 0 Å². The van der Waals surface area contributed by atoms with E-state index in [0.717, 1.165) is 41.9 Å². The number of hydrogen-bond acceptors (Lipinski definition) is 3. The molecular weight excluding hydrogens is 280 g/mol. The molecule has 0 aliphatic rings. The van der Waals surface area contributed by atoms with Crippen LogP contribution in [0.1, 0.15) is 31.7 Å². The van der Waals surface area contributed by atoms with Crippen LogP contribution in [0.25, 0.3) is 0 Å². The lowest BCUT2D eigenvalue weighted by Gasteiger charge is -2.18. The van der Waals surface area contributed by atoms with Crippen LogP contribution < -0.4 is 0 Å². The molecule has 1 rings (SSSR count). The molecule has 0 aliphatic heterocycles. The molecule has 0 aromatic carbocycles. The average Bonchev–Trinajstić information content (AvgIpc) is 2.57. The van der Waals surface area contributed by atoms with E-state index in [1.807, 2.05) is 11.6 Å². The molecule has 17 heavy (non-hydrogen) atoms. The van der Waals surface area contributed by atoms with Gasteiger partial charge < -0.3 is 0 Å². The normalized spacial score (nSPS) is 10.8. The Morgan fingerprint density at radius 3 is 2.71 bits per heavy atom. The van der Waals surface area contributed by atoms with Crippen molar-refractivity contribution in [1.29, 1.82) is 5.26 Å². The van der Waals surface area contributed by atoms with Crippen LogP contribution in [0.3, 0.4) is 0 Å². The van der Waals surface area contributed by atoms with E-state index in [1.54, 1.807) is 0 Å². The largest absolute Gasteiger partial charge is 0.285 e. The number of nitrogens with zero attached hydrogens (tertiary/aromatic N) is 4. The Balaban J connectivity index is 2.88. The zero-order chi connectivity index (χ0) is 12.8. The standard InChI is InChI=1S/C12H19BrN4/c1-4-7-16(8-6-14)9-11-12(13)10(3)15-17(11)5-2/h4-5,7-9H2,1-3H3. The molecule has 94 valence electrons. The Morgan fingerprint density at radius 2 is 2.18 bits per heavy atom. The van der Waals surface area contributed by atoms with Crippen LogP contribution in [-0.4, -0.2) is 27.8 Å². The molecule has 4 nitrogen and oxygen atoms in total. The molecule has 5 heteroatoms. The fourth-order valence-electron chi connectivity index (χ4n) is 1.86. The molecule has 0 bridgehead atoms. The van der Waals surface area contributed by atoms with Gasteiger partial charge in [0.05, 0.1) is 28.5 Å². The van der Waals surface area contributed by atoms with E-state index in [1.165, 1.54) is 0 Å². The van der Waals surface area contributed by atoms with E-state index in [9.17, 15) is 0 Å². The van der Waals surface area contributed by atoms with Gasteiger partial charge in [-0.25, -0.2) is 0 Å². The third-order valence-electron chi connectivity index (χ3n) is 2.66. The van der Waals surface area contributed by atoms with Crippen LogP contribution in [0.15, 0.2) is 4.47 Å². The summed E-state index contributed by atoms with van der Waals surface area (Å²) in [6.45, 7) is 9.24. The first-order valence-corrected chi connectivity index (χ1v) is 6.74. The van der Waals surface area contributed by atoms with E-state index >= 15 is 0 Å². The third kappa shape index (κ3) is 3.55. The molecule has 0 aliphatic carbocycles. The highest BCUT2D eigenvalue weighted by atomic mass is 79.9. The van der Waals surface area contributed by atoms with E-state index < -0.39 is 0 Å². The van der Waals surface area contributed by atoms with Gasteiger partial charge >= 0.3 is 0 Å². The van der Waals surface area contributed by atoms with Gasteiger partial charge in [-0.3, -0.25) is 9.58 Å². The van der Waals surface area contributed by atoms with Crippen LogP contribution in [0.4, 0.5) is 0 Å². The third-order valence-corrected chi connectivity index (χ3v) is 3.69. The number of hydrogen-bond donors (Lipinski definition) is 0. The zero-order valence-corrected chi connectivity index (χ0v) is 12.3. The van der Waals surface area contributed by atoms with Crippen molar-refractivity contribution >= 4 is 15.9 Å². The molecule has 1 aromatic rings. The fraction of sp³-hybridized carbons (Fsp3) is 0.667. The smallest absolute Gasteiger partial charge is 0.0869 e. The minimum atomic E-state index is 0.466. The van der Waals surface area contributed by atoms with E-state index in [0.29, 0.717) is 6.54 Å². The highest BCUT2D eigenvalue weighted by Gasteiger charge is 2.15. The summed E-state index contributed by atoms with van der Waals surface area (Å²) >= 11 is 3.58. The second-order valence-electron chi connectivity index (χ2n) is 4.03. The van der Waals surface area contributed by atoms with Gasteiger partial charge in [-0.2, -0.15) is 10.4 Å². The highest BCUT2D eigenvalue weighted by molar-refractivity contribution is 9.10. The van der Waals surface area contributed by atoms with Crippen LogP contribution in [0, 0.1) is 18.3 Å². The average molecular weight is 299 g/mol. The number of aryl methyl sites for hydroxylation is 2. The SMILES string of the molecule is CCCN(CC#N)Cc1c(Br)c(C)nn1CC. The Morgan fingerprint density at radius 1 is 1.47 bits per heavy atom. The predicted molar refractivity (Wildman–Crippen MR) is 71.5 cm³/mol. The first kappa shape index (κ1) is 14.2. The summed E-state index contributed by atoms with van der Waals surface area (Å²) in [5.74, 6) is 0. The minimum absolute atomic E-state index is 0.466. The summed E-state index contributed by atoms with van der Waals surface area (Å²) in [6.07, 6.45) is 1.05. The number of aromatic nitrogens is 2. The molecular formula is C12H19BrN4. The van der Waals surface area contributed by atoms with Gasteiger partial charge in [0.1, 0.15) is 0 Å². The molecule has 0 atom stereocenters. The lowest BCUT2D eigenvalue weighted by Crippen LogP contribution is -2.26. The van der Waals surface area contributed by atoms with Crippen molar-refractivity contribution in [3.63, 3.8) is 0 Å². The fourth-order valence-corrected chi connectivity index (χ4v) is 2.27. The lowest BCUT2D eigenvalue weighted by atomic mass is 10.3. The Hall–Kier alpha value is -0.860. The monoisotopic (exact) mass is 298 g/mol. The van der Waals surface area contributed by atoms with Gasteiger partial charge in [0, 0.05) is 13.1 Å². The van der Waals surface area contributed by atoms with Crippen molar-refractivity contribution in [1.82, 2.24) is 14.7 Å². The van der Waals surface area contributed by atoms with Crippen molar-refractivity contribution in [3.8, 4) is 6.07 Å². The Labute approximate surface area is 111 Å². The molecule has 0 saturated carbocycles. The van der Waals surface area contributed by atoms with Crippen LogP contribution in [-0.2, 0) is 13.1 Å². The topological polar surface area (TPSA) is 44.9 Å². The summed E-state index contributed by atoms with van der Waals surface area (Å²) in [5.41, 5.74) is 2.17. The summed E-state index contributed by atoms with van der Waals surface area (Å²) in [7, 11) is 0. The van der Waals surface area contributed by atoms with Crippen LogP contribution in [0.5, 0.6) is 0 Å². The number of nitriles is 1. The Kier molecular flexibility index (Phi) is 5.66. The van der Waals surface area contributed by atoms with E-state index in [-0.39, 0.29) is 0 Å². The second kappa shape index (κ2) is 6.77. The molecule has 0 spiro atoms. The second-order valence-corrected chi connectivity index (χ2v) is 4.82. The predicted octanol–water partition coefficient (Wildman–Crippen LogP) is 2.71. The lowest BCUT2D eigenvalue weighted by molar-refractivity contribution is 0.288. The molecule has 1 heterocycles. The van der Waals surface area contributed by atoms with Gasteiger partial charge in [0.15, 0.2) is 0 Å². The summed E-state index contributed by atoms with van der Waals surface area (Å²) in [6, 6.07) is 2.22. The summed E-state index contributed by atoms with van der Waals surface area (Å²) in [4.78, 5) is 2.15. The molecule has 1 aromatic heterocycles. The Bertz CT molecular complexity index is 405. The minimum Gasteiger partial charge on any atom is -0.285 e. The van der Waals surface area contributed by atoms with Gasteiger partial charge in [-0.15, -0.1) is 0 Å². The molecule has 0 saturated heterocycles. The first-order valence-electron chi connectivity index (χ1n) is 5.95. The maximum Gasteiger partial charge on any atom is 0.0869 e. The van der Waals surface area contributed by atoms with Crippen molar-refractivity contribution in [2.45, 2.75) is 40.3 Å². The van der Waals surface area contributed by atoms with Crippen molar-refractivity contribution in [2.24, 2.45) is 0 Å². The molecule has 0 fully saturated rings. The highest BCUT2D eigenvalue weighted by Crippen LogP contribution is 2.22. The maximum atomic E-state index is 8.82. The maximum absolute atomic E-state index is 8.82. The zero-order valence-electron chi connectivity index (χ0n) is 10.7.